The number of aryl methyl sites for hydroxylation is 1. The van der Waals surface area contributed by atoms with E-state index in [2.05, 4.69) is 10.2 Å². The first-order chi connectivity index (χ1) is 29.0. The molecule has 326 valence electrons. The minimum atomic E-state index is -1.44. The Morgan fingerprint density at radius 1 is 0.967 bits per heavy atom. The van der Waals surface area contributed by atoms with Gasteiger partial charge in [-0.15, -0.1) is 11.8 Å². The number of likely N-dealkylation sites (N-methyl/N-ethyl adjacent to an activating group) is 1. The number of hydrogen-bond donors (Lipinski definition) is 3. The first-order valence-corrected chi connectivity index (χ1v) is 21.4. The molecule has 3 aromatic carbocycles. The lowest BCUT2D eigenvalue weighted by atomic mass is 9.73. The maximum absolute atomic E-state index is 15.0. The molecule has 4 bridgehead atoms. The Morgan fingerprint density at radius 3 is 2.43 bits per heavy atom. The molecule has 0 aromatic heterocycles. The Hall–Kier alpha value is -4.94. The van der Waals surface area contributed by atoms with Crippen LogP contribution in [0.1, 0.15) is 89.5 Å². The number of piperazine rings is 1. The molecule has 0 radical (unpaired) electrons. The van der Waals surface area contributed by atoms with Gasteiger partial charge in [-0.3, -0.25) is 19.9 Å². The second kappa shape index (κ2) is 14.9. The summed E-state index contributed by atoms with van der Waals surface area (Å²) in [6.07, 6.45) is -1.05. The Balaban J connectivity index is 1.25. The molecule has 61 heavy (non-hydrogen) atoms. The van der Waals surface area contributed by atoms with Crippen LogP contribution >= 0.6 is 11.8 Å². The van der Waals surface area contributed by atoms with Crippen LogP contribution in [0.15, 0.2) is 18.2 Å². The third-order valence-electron chi connectivity index (χ3n) is 12.8. The second-order valence-corrected chi connectivity index (χ2v) is 18.6. The molecule has 17 heteroatoms. The fourth-order valence-electron chi connectivity index (χ4n) is 10.4. The minimum absolute atomic E-state index is 0.0201. The van der Waals surface area contributed by atoms with Crippen molar-refractivity contribution in [3.63, 3.8) is 0 Å². The first kappa shape index (κ1) is 41.4. The smallest absolute Gasteiger partial charge is 0.504 e. The summed E-state index contributed by atoms with van der Waals surface area (Å²) >= 11 is 1.44. The first-order valence-electron chi connectivity index (χ1n) is 20.4. The van der Waals surface area contributed by atoms with Crippen LogP contribution in [0.25, 0.3) is 0 Å². The lowest BCUT2D eigenvalue weighted by Crippen LogP contribution is -2.70. The second-order valence-electron chi connectivity index (χ2n) is 17.5. The summed E-state index contributed by atoms with van der Waals surface area (Å²) in [4.78, 5) is 44.9. The quantitative estimate of drug-likeness (QED) is 0.180. The molecule has 7 aliphatic heterocycles. The van der Waals surface area contributed by atoms with Crippen molar-refractivity contribution in [3.8, 4) is 40.2 Å². The fraction of sp³-hybridized carbons (Fsp3) is 0.523. The number of nitrogens with one attached hydrogen (secondary N) is 1. The van der Waals surface area contributed by atoms with Crippen molar-refractivity contribution in [1.29, 1.82) is 0 Å². The van der Waals surface area contributed by atoms with Gasteiger partial charge in [0.05, 0.1) is 37.6 Å². The summed E-state index contributed by atoms with van der Waals surface area (Å²) in [5.74, 6) is 0.883. The van der Waals surface area contributed by atoms with Crippen LogP contribution in [0, 0.1) is 13.8 Å². The van der Waals surface area contributed by atoms with E-state index in [1.807, 2.05) is 31.9 Å². The van der Waals surface area contributed by atoms with Crippen molar-refractivity contribution in [2.45, 2.75) is 101 Å². The molecule has 2 saturated heterocycles. The molecule has 7 heterocycles. The lowest BCUT2D eigenvalue weighted by molar-refractivity contribution is -0.186. The van der Waals surface area contributed by atoms with Crippen molar-refractivity contribution in [2.24, 2.45) is 0 Å². The number of aliphatic hydroxyl groups excluding tert-OH is 1. The average Bonchev–Trinajstić information content (AvgIpc) is 3.69. The number of carbonyl (C=O) groups excluding carboxylic acids is 3. The average molecular weight is 862 g/mol. The van der Waals surface area contributed by atoms with E-state index in [9.17, 15) is 24.6 Å². The minimum Gasteiger partial charge on any atom is -0.504 e. The van der Waals surface area contributed by atoms with E-state index in [-0.39, 0.29) is 36.4 Å². The van der Waals surface area contributed by atoms with E-state index in [0.717, 1.165) is 16.7 Å². The molecule has 10 rings (SSSR count). The van der Waals surface area contributed by atoms with Crippen molar-refractivity contribution < 1.29 is 62.5 Å². The summed E-state index contributed by atoms with van der Waals surface area (Å²) < 4.78 is 47.5. The Bertz CT molecular complexity index is 2370. The van der Waals surface area contributed by atoms with Crippen LogP contribution in [0.5, 0.6) is 40.2 Å². The summed E-state index contributed by atoms with van der Waals surface area (Å²) in [6.45, 7) is 10.3. The predicted octanol–water partition coefficient (Wildman–Crippen LogP) is 5.02. The van der Waals surface area contributed by atoms with Gasteiger partial charge in [0.25, 0.3) is 0 Å². The van der Waals surface area contributed by atoms with Gasteiger partial charge in [-0.2, -0.15) is 0 Å². The number of rotatable bonds is 4. The molecular formula is C44H51N3O13S. The van der Waals surface area contributed by atoms with Crippen molar-refractivity contribution in [2.75, 3.05) is 47.0 Å². The van der Waals surface area contributed by atoms with Crippen LogP contribution in [-0.4, -0.2) is 109 Å². The van der Waals surface area contributed by atoms with E-state index in [4.69, 9.17) is 37.9 Å². The van der Waals surface area contributed by atoms with Crippen LogP contribution in [0.4, 0.5) is 4.79 Å². The molecule has 3 aromatic rings. The summed E-state index contributed by atoms with van der Waals surface area (Å²) in [5, 5.41) is 27.6. The van der Waals surface area contributed by atoms with Crippen LogP contribution < -0.4 is 33.7 Å². The normalized spacial score (nSPS) is 27.5. The van der Waals surface area contributed by atoms with E-state index >= 15 is 0 Å². The number of aliphatic hydroxyl groups is 1. The van der Waals surface area contributed by atoms with Crippen LogP contribution in [0.3, 0.4) is 0 Å². The number of methoxy groups -OCH3 is 2. The highest BCUT2D eigenvalue weighted by Crippen LogP contribution is 2.64. The van der Waals surface area contributed by atoms with Crippen LogP contribution in [0.2, 0.25) is 0 Å². The topological polar surface area (TPSA) is 184 Å². The number of fused-ring (bicyclic) bond motifs is 9. The number of thioether (sulfide) groups is 1. The number of esters is 2. The van der Waals surface area contributed by atoms with E-state index in [0.29, 0.717) is 70.2 Å². The molecule has 0 saturated carbocycles. The molecule has 0 amide bonds. The van der Waals surface area contributed by atoms with Gasteiger partial charge in [-0.25, -0.2) is 9.59 Å². The predicted molar refractivity (Wildman–Crippen MR) is 220 cm³/mol. The van der Waals surface area contributed by atoms with Gasteiger partial charge < -0.3 is 48.1 Å². The zero-order valence-corrected chi connectivity index (χ0v) is 36.4. The Kier molecular flexibility index (Phi) is 10.1. The highest BCUT2D eigenvalue weighted by molar-refractivity contribution is 7.99. The number of hydrogen-bond acceptors (Lipinski definition) is 17. The monoisotopic (exact) mass is 861 g/mol. The number of nitrogens with zero attached hydrogens (tertiary/aromatic N) is 2. The SMILES string of the molecule is COc1cc2c(cc1OC(=O)OC(C)(C)C)CCN[C@]21CS[C@@H]2c3c(OC(C)=O)c(C)c4c(c3[C@@H](COC1=O)N1C2[C@@H]2c3c(cc(C)c(OC)c3O)C[C@H]([C@@H]1O)N2C)OCO4. The van der Waals surface area contributed by atoms with Gasteiger partial charge >= 0.3 is 18.1 Å². The van der Waals surface area contributed by atoms with E-state index in [1.54, 1.807) is 32.9 Å². The number of carbonyl (C=O) groups is 3. The highest BCUT2D eigenvalue weighted by atomic mass is 32.2. The van der Waals surface area contributed by atoms with Crippen molar-refractivity contribution >= 4 is 29.9 Å². The van der Waals surface area contributed by atoms with Crippen molar-refractivity contribution in [1.82, 2.24) is 15.1 Å². The van der Waals surface area contributed by atoms with Gasteiger partial charge in [-0.1, -0.05) is 6.07 Å². The molecule has 3 N–H and O–H groups in total. The maximum Gasteiger partial charge on any atom is 0.514 e. The van der Waals surface area contributed by atoms with Gasteiger partial charge in [0.2, 0.25) is 6.79 Å². The molecule has 7 atom stereocenters. The number of aromatic hydroxyl groups is 1. The van der Waals surface area contributed by atoms with Gasteiger partial charge in [0, 0.05) is 47.5 Å². The third kappa shape index (κ3) is 6.36. The zero-order chi connectivity index (χ0) is 43.4. The van der Waals surface area contributed by atoms with Crippen LogP contribution in [-0.2, 0) is 37.4 Å². The lowest BCUT2D eigenvalue weighted by Gasteiger charge is -2.62. The number of benzene rings is 3. The van der Waals surface area contributed by atoms with E-state index < -0.39 is 64.9 Å². The molecule has 16 nitrogen and oxygen atoms in total. The Morgan fingerprint density at radius 2 is 1.72 bits per heavy atom. The number of phenolic OH excluding ortho intramolecular Hbond substituents is 1. The van der Waals surface area contributed by atoms with Crippen molar-refractivity contribution in [3.05, 3.63) is 62.7 Å². The molecule has 2 fully saturated rings. The summed E-state index contributed by atoms with van der Waals surface area (Å²) in [5.41, 5.74) is 3.25. The molecular weight excluding hydrogens is 811 g/mol. The standard InChI is InChI=1S/C44H51N3O13S/c1-19-12-23-13-25-40(50)47-26-16-55-41(51)44(24-15-27(53-8)28(14-22(24)10-11-45-44)59-42(52)60-43(4,5)6)17-61-39(33(47)32(46(25)7)29(23)34(49)35(19)54-9)31-30(26)38-37(56-18-57-38)20(2)36(31)58-21(3)48/h12,14-15,25-26,32-33,39-40,45,49-50H,10-11,13,16-18H2,1-9H3/t25-,26-,32+,33?,39-,40+,44-/m1/s1. The zero-order valence-electron chi connectivity index (χ0n) is 35.6. The summed E-state index contributed by atoms with van der Waals surface area (Å²) in [6, 6.07) is 3.04. The maximum atomic E-state index is 15.0. The fourth-order valence-corrected chi connectivity index (χ4v) is 12.1. The summed E-state index contributed by atoms with van der Waals surface area (Å²) in [7, 11) is 4.93. The third-order valence-corrected chi connectivity index (χ3v) is 14.3. The number of ether oxygens (including phenoxy) is 8. The van der Waals surface area contributed by atoms with Gasteiger partial charge in [0.1, 0.15) is 24.2 Å². The molecule has 7 aliphatic rings. The molecule has 0 aliphatic carbocycles. The largest absolute Gasteiger partial charge is 0.514 e. The van der Waals surface area contributed by atoms with Gasteiger partial charge in [0.15, 0.2) is 40.0 Å². The molecule has 1 unspecified atom stereocenters. The van der Waals surface area contributed by atoms with Gasteiger partial charge in [-0.05, 0) is 88.9 Å². The number of phenols is 1. The Labute approximate surface area is 357 Å². The highest BCUT2D eigenvalue weighted by Gasteiger charge is 2.61. The molecule has 1 spiro atoms. The van der Waals surface area contributed by atoms with E-state index in [1.165, 1.54) is 32.9 Å².